The van der Waals surface area contributed by atoms with Gasteiger partial charge in [-0.2, -0.15) is 0 Å². The molecular weight excluding hydrogens is 413 g/mol. The Balaban J connectivity index is 1.43. The van der Waals surface area contributed by atoms with Gasteiger partial charge in [0.05, 0.1) is 17.9 Å². The van der Waals surface area contributed by atoms with Crippen molar-refractivity contribution in [2.75, 3.05) is 11.6 Å². The maximum atomic E-state index is 13.4. The Morgan fingerprint density at radius 3 is 2.68 bits per heavy atom. The molecule has 5 rings (SSSR count). The SMILES string of the molecule is CSc1nc(-c2ccnc(NCc3nc4ccccc4o3)c2)c(-c2ccc(F)cc2)[nH]1. The van der Waals surface area contributed by atoms with Gasteiger partial charge in [0.25, 0.3) is 0 Å². The highest BCUT2D eigenvalue weighted by atomic mass is 32.2. The number of anilines is 1. The van der Waals surface area contributed by atoms with Gasteiger partial charge in [0.1, 0.15) is 17.2 Å². The molecule has 2 aromatic carbocycles. The van der Waals surface area contributed by atoms with Crippen LogP contribution in [0.3, 0.4) is 0 Å². The molecule has 8 heteroatoms. The van der Waals surface area contributed by atoms with Gasteiger partial charge in [-0.05, 0) is 54.8 Å². The van der Waals surface area contributed by atoms with Crippen LogP contribution in [-0.4, -0.2) is 26.2 Å². The molecule has 0 aliphatic rings. The van der Waals surface area contributed by atoms with Crippen LogP contribution >= 0.6 is 11.8 Å². The summed E-state index contributed by atoms with van der Waals surface area (Å²) in [5.41, 5.74) is 4.95. The first kappa shape index (κ1) is 19.3. The van der Waals surface area contributed by atoms with Gasteiger partial charge in [0.15, 0.2) is 10.7 Å². The summed E-state index contributed by atoms with van der Waals surface area (Å²) in [5.74, 6) is 0.993. The van der Waals surface area contributed by atoms with Gasteiger partial charge < -0.3 is 14.7 Å². The number of oxazole rings is 1. The van der Waals surface area contributed by atoms with Crippen LogP contribution in [0.25, 0.3) is 33.6 Å². The van der Waals surface area contributed by atoms with E-state index in [-0.39, 0.29) is 5.82 Å². The maximum absolute atomic E-state index is 13.4. The maximum Gasteiger partial charge on any atom is 0.214 e. The monoisotopic (exact) mass is 431 g/mol. The number of imidazole rings is 1. The fourth-order valence-electron chi connectivity index (χ4n) is 3.32. The minimum absolute atomic E-state index is 0.274. The Labute approximate surface area is 182 Å². The molecule has 0 fully saturated rings. The van der Waals surface area contributed by atoms with Crippen molar-refractivity contribution in [1.82, 2.24) is 19.9 Å². The van der Waals surface area contributed by atoms with E-state index < -0.39 is 0 Å². The second-order valence-electron chi connectivity index (χ2n) is 6.84. The molecule has 0 spiro atoms. The van der Waals surface area contributed by atoms with Gasteiger partial charge in [-0.3, -0.25) is 0 Å². The fourth-order valence-corrected chi connectivity index (χ4v) is 3.71. The minimum atomic E-state index is -0.274. The number of fused-ring (bicyclic) bond motifs is 1. The van der Waals surface area contributed by atoms with Crippen molar-refractivity contribution in [3.05, 3.63) is 78.6 Å². The molecule has 0 unspecified atom stereocenters. The molecule has 0 aliphatic heterocycles. The lowest BCUT2D eigenvalue weighted by atomic mass is 10.1. The molecule has 2 N–H and O–H groups in total. The van der Waals surface area contributed by atoms with Crippen molar-refractivity contribution in [3.63, 3.8) is 0 Å². The zero-order valence-corrected chi connectivity index (χ0v) is 17.4. The van der Waals surface area contributed by atoms with E-state index in [9.17, 15) is 4.39 Å². The van der Waals surface area contributed by atoms with Gasteiger partial charge in [0, 0.05) is 17.3 Å². The van der Waals surface area contributed by atoms with Crippen LogP contribution < -0.4 is 5.32 Å². The largest absolute Gasteiger partial charge is 0.439 e. The third-order valence-corrected chi connectivity index (χ3v) is 5.38. The van der Waals surface area contributed by atoms with Crippen LogP contribution in [0.1, 0.15) is 5.89 Å². The highest BCUT2D eigenvalue weighted by Crippen LogP contribution is 2.33. The number of rotatable bonds is 6. The van der Waals surface area contributed by atoms with Crippen molar-refractivity contribution in [2.45, 2.75) is 11.7 Å². The Hall–Kier alpha value is -3.65. The number of nitrogens with zero attached hydrogens (tertiary/aromatic N) is 3. The summed E-state index contributed by atoms with van der Waals surface area (Å²) in [6.45, 7) is 0.409. The molecule has 31 heavy (non-hydrogen) atoms. The molecule has 3 aromatic heterocycles. The predicted octanol–water partition coefficient (Wildman–Crippen LogP) is 5.75. The molecule has 6 nitrogen and oxygen atoms in total. The molecule has 0 aliphatic carbocycles. The number of hydrogen-bond acceptors (Lipinski definition) is 6. The topological polar surface area (TPSA) is 79.6 Å². The van der Waals surface area contributed by atoms with Gasteiger partial charge in [-0.1, -0.05) is 23.9 Å². The van der Waals surface area contributed by atoms with E-state index in [1.807, 2.05) is 42.7 Å². The average Bonchev–Trinajstić information content (AvgIpc) is 3.42. The second-order valence-corrected chi connectivity index (χ2v) is 7.63. The summed E-state index contributed by atoms with van der Waals surface area (Å²) in [6, 6.07) is 17.8. The first-order valence-corrected chi connectivity index (χ1v) is 10.9. The van der Waals surface area contributed by atoms with Crippen LogP contribution in [0.5, 0.6) is 0 Å². The van der Waals surface area contributed by atoms with E-state index in [1.165, 1.54) is 23.9 Å². The molecule has 5 aromatic rings. The van der Waals surface area contributed by atoms with E-state index in [0.717, 1.165) is 38.8 Å². The lowest BCUT2D eigenvalue weighted by Crippen LogP contribution is -2.01. The highest BCUT2D eigenvalue weighted by Gasteiger charge is 2.15. The van der Waals surface area contributed by atoms with Gasteiger partial charge in [0.2, 0.25) is 5.89 Å². The fraction of sp³-hybridized carbons (Fsp3) is 0.0870. The third kappa shape index (κ3) is 4.02. The van der Waals surface area contributed by atoms with Crippen molar-refractivity contribution in [2.24, 2.45) is 0 Å². The lowest BCUT2D eigenvalue weighted by molar-refractivity contribution is 0.540. The number of H-pyrrole nitrogens is 1. The van der Waals surface area contributed by atoms with Crippen molar-refractivity contribution in [3.8, 4) is 22.5 Å². The Morgan fingerprint density at radius 2 is 1.87 bits per heavy atom. The molecule has 0 amide bonds. The van der Waals surface area contributed by atoms with Crippen molar-refractivity contribution in [1.29, 1.82) is 0 Å². The Bertz CT molecular complexity index is 1310. The average molecular weight is 431 g/mol. The number of pyridine rings is 1. The molecule has 0 radical (unpaired) electrons. The van der Waals surface area contributed by atoms with E-state index in [0.29, 0.717) is 18.3 Å². The lowest BCUT2D eigenvalue weighted by Gasteiger charge is -2.07. The first-order chi connectivity index (χ1) is 15.2. The van der Waals surface area contributed by atoms with Crippen molar-refractivity contribution >= 4 is 28.7 Å². The number of aromatic amines is 1. The standard InChI is InChI=1S/C23H18FN5OS/c1-31-23-28-21(14-6-8-16(24)9-7-14)22(29-23)15-10-11-25-19(12-15)26-13-20-27-17-4-2-3-5-18(17)30-20/h2-12H,13H2,1H3,(H,25,26)(H,28,29). The molecular formula is C23H18FN5OS. The summed E-state index contributed by atoms with van der Waals surface area (Å²) in [6.07, 6.45) is 3.68. The van der Waals surface area contributed by atoms with Crippen LogP contribution in [0, 0.1) is 5.82 Å². The summed E-state index contributed by atoms with van der Waals surface area (Å²) in [5, 5.41) is 4.04. The quantitative estimate of drug-likeness (QED) is 0.333. The van der Waals surface area contributed by atoms with E-state index >= 15 is 0 Å². The Morgan fingerprint density at radius 1 is 1.03 bits per heavy atom. The number of thioether (sulfide) groups is 1. The van der Waals surface area contributed by atoms with Gasteiger partial charge in [-0.15, -0.1) is 0 Å². The smallest absolute Gasteiger partial charge is 0.214 e. The summed E-state index contributed by atoms with van der Waals surface area (Å²) >= 11 is 1.52. The van der Waals surface area contributed by atoms with E-state index in [1.54, 1.807) is 18.3 Å². The molecule has 0 saturated heterocycles. The zero-order valence-electron chi connectivity index (χ0n) is 16.6. The Kier molecular flexibility index (Phi) is 5.13. The molecule has 0 atom stereocenters. The van der Waals surface area contributed by atoms with E-state index in [2.05, 4.69) is 20.3 Å². The number of halogens is 1. The van der Waals surface area contributed by atoms with Crippen LogP contribution in [-0.2, 0) is 6.54 Å². The third-order valence-electron chi connectivity index (χ3n) is 4.80. The normalized spacial score (nSPS) is 11.2. The molecule has 0 bridgehead atoms. The van der Waals surface area contributed by atoms with Gasteiger partial charge in [-0.25, -0.2) is 19.3 Å². The molecule has 0 saturated carbocycles. The minimum Gasteiger partial charge on any atom is -0.439 e. The summed E-state index contributed by atoms with van der Waals surface area (Å²) < 4.78 is 19.1. The van der Waals surface area contributed by atoms with Crippen LogP contribution in [0.15, 0.2) is 76.4 Å². The van der Waals surface area contributed by atoms with Crippen LogP contribution in [0.2, 0.25) is 0 Å². The van der Waals surface area contributed by atoms with Crippen molar-refractivity contribution < 1.29 is 8.81 Å². The number of aromatic nitrogens is 4. The number of nitrogens with one attached hydrogen (secondary N) is 2. The van der Waals surface area contributed by atoms with Crippen LogP contribution in [0.4, 0.5) is 10.2 Å². The number of benzene rings is 2. The predicted molar refractivity (Wildman–Crippen MR) is 120 cm³/mol. The van der Waals surface area contributed by atoms with E-state index in [4.69, 9.17) is 9.40 Å². The second kappa shape index (κ2) is 8.23. The number of hydrogen-bond donors (Lipinski definition) is 2. The molecule has 154 valence electrons. The first-order valence-electron chi connectivity index (χ1n) is 9.64. The zero-order chi connectivity index (χ0) is 21.2. The number of para-hydroxylation sites is 2. The van der Waals surface area contributed by atoms with Gasteiger partial charge >= 0.3 is 0 Å². The highest BCUT2D eigenvalue weighted by molar-refractivity contribution is 7.98. The molecule has 3 heterocycles. The summed E-state index contributed by atoms with van der Waals surface area (Å²) in [4.78, 5) is 16.9. The summed E-state index contributed by atoms with van der Waals surface area (Å²) in [7, 11) is 0.